The summed E-state index contributed by atoms with van der Waals surface area (Å²) in [6.45, 7) is 1.32. The Hall–Kier alpha value is -1.66. The molecule has 0 fully saturated rings. The minimum Gasteiger partial charge on any atom is -0.426 e. The summed E-state index contributed by atoms with van der Waals surface area (Å²) in [5.41, 5.74) is 6.15. The molecule has 0 amide bonds. The van der Waals surface area contributed by atoms with Crippen LogP contribution in [0.4, 0.5) is 5.13 Å². The van der Waals surface area contributed by atoms with Gasteiger partial charge in [0.25, 0.3) is 0 Å². The molecule has 0 saturated heterocycles. The molecule has 0 aliphatic rings. The van der Waals surface area contributed by atoms with Gasteiger partial charge in [0.05, 0.1) is 5.56 Å². The summed E-state index contributed by atoms with van der Waals surface area (Å²) in [5, 5.41) is 9.01. The molecular weight excluding hydrogens is 262 g/mol. The first-order valence-corrected chi connectivity index (χ1v) is 5.83. The molecule has 0 aliphatic carbocycles. The third kappa shape index (κ3) is 2.72. The predicted molar refractivity (Wildman–Crippen MR) is 66.1 cm³/mol. The van der Waals surface area contributed by atoms with E-state index in [1.54, 1.807) is 18.2 Å². The van der Waals surface area contributed by atoms with Crippen molar-refractivity contribution >= 4 is 34.0 Å². The molecule has 0 spiro atoms. The zero-order chi connectivity index (χ0) is 12.4. The molecule has 0 aliphatic heterocycles. The molecule has 0 bridgehead atoms. The van der Waals surface area contributed by atoms with E-state index in [0.29, 0.717) is 26.5 Å². The standard InChI is InChI=1S/C10H8ClN3O2S/c1-5(15)16-8-4-6(11)2-3-7(8)9-13-14-10(12)17-9/h2-4H,1H3,(H2,12,14). The van der Waals surface area contributed by atoms with Crippen LogP contribution in [0.25, 0.3) is 10.6 Å². The number of nitrogen functional groups attached to an aromatic ring is 1. The highest BCUT2D eigenvalue weighted by Crippen LogP contribution is 2.34. The van der Waals surface area contributed by atoms with E-state index < -0.39 is 5.97 Å². The number of nitrogens with zero attached hydrogens (tertiary/aromatic N) is 2. The summed E-state index contributed by atoms with van der Waals surface area (Å²) in [6, 6.07) is 4.94. The van der Waals surface area contributed by atoms with Gasteiger partial charge in [-0.1, -0.05) is 22.9 Å². The number of anilines is 1. The highest BCUT2D eigenvalue weighted by molar-refractivity contribution is 7.18. The highest BCUT2D eigenvalue weighted by Gasteiger charge is 2.13. The summed E-state index contributed by atoms with van der Waals surface area (Å²) in [7, 11) is 0. The smallest absolute Gasteiger partial charge is 0.308 e. The molecule has 88 valence electrons. The van der Waals surface area contributed by atoms with Crippen LogP contribution in [-0.4, -0.2) is 16.2 Å². The van der Waals surface area contributed by atoms with Crippen LogP contribution in [0.1, 0.15) is 6.92 Å². The van der Waals surface area contributed by atoms with E-state index in [9.17, 15) is 4.79 Å². The Morgan fingerprint density at radius 3 is 2.82 bits per heavy atom. The molecule has 5 nitrogen and oxygen atoms in total. The summed E-state index contributed by atoms with van der Waals surface area (Å²) >= 11 is 7.05. The van der Waals surface area contributed by atoms with Crippen molar-refractivity contribution < 1.29 is 9.53 Å². The monoisotopic (exact) mass is 269 g/mol. The van der Waals surface area contributed by atoms with Crippen LogP contribution in [0.15, 0.2) is 18.2 Å². The minimum atomic E-state index is -0.425. The van der Waals surface area contributed by atoms with Crippen LogP contribution in [-0.2, 0) is 4.79 Å². The average molecular weight is 270 g/mol. The first kappa shape index (κ1) is 11.8. The number of halogens is 1. The Kier molecular flexibility index (Phi) is 3.26. The molecule has 2 N–H and O–H groups in total. The average Bonchev–Trinajstić information content (AvgIpc) is 2.64. The molecule has 7 heteroatoms. The number of hydrogen-bond acceptors (Lipinski definition) is 6. The minimum absolute atomic E-state index is 0.348. The van der Waals surface area contributed by atoms with Gasteiger partial charge in [0.2, 0.25) is 5.13 Å². The lowest BCUT2D eigenvalue weighted by Crippen LogP contribution is -2.02. The van der Waals surface area contributed by atoms with Gasteiger partial charge < -0.3 is 10.5 Å². The fourth-order valence-electron chi connectivity index (χ4n) is 1.26. The lowest BCUT2D eigenvalue weighted by Gasteiger charge is -2.06. The Morgan fingerprint density at radius 2 is 2.24 bits per heavy atom. The number of carbonyl (C=O) groups is 1. The molecule has 0 unspecified atom stereocenters. The number of ether oxygens (including phenoxy) is 1. The molecule has 2 rings (SSSR count). The lowest BCUT2D eigenvalue weighted by molar-refractivity contribution is -0.131. The van der Waals surface area contributed by atoms with Crippen molar-refractivity contribution in [3.05, 3.63) is 23.2 Å². The van der Waals surface area contributed by atoms with Gasteiger partial charge in [-0.3, -0.25) is 4.79 Å². The SMILES string of the molecule is CC(=O)Oc1cc(Cl)ccc1-c1nnc(N)s1. The van der Waals surface area contributed by atoms with Gasteiger partial charge in [-0.15, -0.1) is 10.2 Å². The molecule has 0 atom stereocenters. The van der Waals surface area contributed by atoms with E-state index >= 15 is 0 Å². The molecule has 0 saturated carbocycles. The largest absolute Gasteiger partial charge is 0.426 e. The summed E-state index contributed by atoms with van der Waals surface area (Å²) in [4.78, 5) is 11.0. The summed E-state index contributed by atoms with van der Waals surface area (Å²) in [5.74, 6) is -0.0767. The zero-order valence-electron chi connectivity index (χ0n) is 8.81. The van der Waals surface area contributed by atoms with Crippen molar-refractivity contribution in [3.8, 4) is 16.3 Å². The second kappa shape index (κ2) is 4.68. The van der Waals surface area contributed by atoms with E-state index in [4.69, 9.17) is 22.1 Å². The maximum Gasteiger partial charge on any atom is 0.308 e. The molecule has 1 aromatic carbocycles. The number of nitrogens with two attached hydrogens (primary N) is 1. The predicted octanol–water partition coefficient (Wildman–Crippen LogP) is 2.37. The highest BCUT2D eigenvalue weighted by atomic mass is 35.5. The van der Waals surface area contributed by atoms with E-state index in [2.05, 4.69) is 10.2 Å². The van der Waals surface area contributed by atoms with Gasteiger partial charge in [0, 0.05) is 18.0 Å². The van der Waals surface area contributed by atoms with Crippen molar-refractivity contribution in [1.82, 2.24) is 10.2 Å². The normalized spacial score (nSPS) is 10.2. The van der Waals surface area contributed by atoms with E-state index in [0.717, 1.165) is 0 Å². The molecule has 2 aromatic rings. The number of aromatic nitrogens is 2. The molecule has 1 heterocycles. The third-order valence-electron chi connectivity index (χ3n) is 1.87. The van der Waals surface area contributed by atoms with E-state index in [-0.39, 0.29) is 0 Å². The fourth-order valence-corrected chi connectivity index (χ4v) is 2.06. The van der Waals surface area contributed by atoms with Gasteiger partial charge in [-0.2, -0.15) is 0 Å². The number of rotatable bonds is 2. The van der Waals surface area contributed by atoms with Crippen molar-refractivity contribution in [2.45, 2.75) is 6.92 Å². The third-order valence-corrected chi connectivity index (χ3v) is 2.89. The second-order valence-electron chi connectivity index (χ2n) is 3.18. The van der Waals surface area contributed by atoms with E-state index in [1.807, 2.05) is 0 Å². The van der Waals surface area contributed by atoms with Gasteiger partial charge in [-0.05, 0) is 12.1 Å². The second-order valence-corrected chi connectivity index (χ2v) is 4.63. The van der Waals surface area contributed by atoms with Gasteiger partial charge in [0.1, 0.15) is 5.75 Å². The number of benzene rings is 1. The fraction of sp³-hybridized carbons (Fsp3) is 0.100. The summed E-state index contributed by atoms with van der Waals surface area (Å²) < 4.78 is 5.06. The maximum atomic E-state index is 11.0. The Bertz CT molecular complexity index is 570. The zero-order valence-corrected chi connectivity index (χ0v) is 10.4. The number of esters is 1. The van der Waals surface area contributed by atoms with Crippen molar-refractivity contribution in [3.63, 3.8) is 0 Å². The van der Waals surface area contributed by atoms with Gasteiger partial charge in [0.15, 0.2) is 5.01 Å². The quantitative estimate of drug-likeness (QED) is 0.669. The van der Waals surface area contributed by atoms with Gasteiger partial charge >= 0.3 is 5.97 Å². The van der Waals surface area contributed by atoms with Crippen molar-refractivity contribution in [2.75, 3.05) is 5.73 Å². The first-order chi connectivity index (χ1) is 8.06. The molecule has 0 radical (unpaired) electrons. The van der Waals surface area contributed by atoms with Crippen molar-refractivity contribution in [1.29, 1.82) is 0 Å². The van der Waals surface area contributed by atoms with Crippen LogP contribution in [0.3, 0.4) is 0 Å². The van der Waals surface area contributed by atoms with E-state index in [1.165, 1.54) is 18.3 Å². The first-order valence-electron chi connectivity index (χ1n) is 4.63. The van der Waals surface area contributed by atoms with Crippen LogP contribution >= 0.6 is 22.9 Å². The molecule has 1 aromatic heterocycles. The van der Waals surface area contributed by atoms with Crippen molar-refractivity contribution in [2.24, 2.45) is 0 Å². The Morgan fingerprint density at radius 1 is 1.47 bits per heavy atom. The van der Waals surface area contributed by atoms with Crippen LogP contribution < -0.4 is 10.5 Å². The topological polar surface area (TPSA) is 78.1 Å². The summed E-state index contributed by atoms with van der Waals surface area (Å²) in [6.07, 6.45) is 0. The van der Waals surface area contributed by atoms with Crippen LogP contribution in [0.2, 0.25) is 5.02 Å². The van der Waals surface area contributed by atoms with Crippen LogP contribution in [0, 0.1) is 0 Å². The lowest BCUT2D eigenvalue weighted by atomic mass is 10.2. The van der Waals surface area contributed by atoms with Crippen LogP contribution in [0.5, 0.6) is 5.75 Å². The molecule has 17 heavy (non-hydrogen) atoms. The number of carbonyl (C=O) groups excluding carboxylic acids is 1. The maximum absolute atomic E-state index is 11.0. The molecular formula is C10H8ClN3O2S. The van der Waals surface area contributed by atoms with Gasteiger partial charge in [-0.25, -0.2) is 0 Å². The Labute approximate surface area is 106 Å². The number of hydrogen-bond donors (Lipinski definition) is 1. The Balaban J connectivity index is 2.49.